The Balaban J connectivity index is 1.35. The van der Waals surface area contributed by atoms with Crippen molar-refractivity contribution in [3.8, 4) is 17.1 Å². The van der Waals surface area contributed by atoms with Crippen molar-refractivity contribution in [2.45, 2.75) is 6.54 Å². The van der Waals surface area contributed by atoms with Gasteiger partial charge in [-0.3, -0.25) is 4.79 Å². The summed E-state index contributed by atoms with van der Waals surface area (Å²) in [5.41, 5.74) is 6.26. The van der Waals surface area contributed by atoms with Gasteiger partial charge in [0.05, 0.1) is 23.7 Å². The summed E-state index contributed by atoms with van der Waals surface area (Å²) in [5, 5.41) is 16.8. The molecule has 0 spiro atoms. The summed E-state index contributed by atoms with van der Waals surface area (Å²) < 4.78 is 8.77. The van der Waals surface area contributed by atoms with E-state index in [4.69, 9.17) is 4.42 Å². The number of rotatable bonds is 6. The van der Waals surface area contributed by atoms with Crippen molar-refractivity contribution in [3.05, 3.63) is 84.8 Å². The van der Waals surface area contributed by atoms with E-state index in [-0.39, 0.29) is 12.5 Å². The van der Waals surface area contributed by atoms with Crippen LogP contribution in [0.4, 0.5) is 0 Å². The number of hydrogen-bond donors (Lipinski definition) is 1. The zero-order valence-corrected chi connectivity index (χ0v) is 16.3. The largest absolute Gasteiger partial charge is 0.463 e. The molecule has 0 radical (unpaired) electrons. The number of fused-ring (bicyclic) bond motifs is 1. The number of para-hydroxylation sites is 2. The molecule has 152 valence electrons. The van der Waals surface area contributed by atoms with Gasteiger partial charge in [-0.2, -0.15) is 10.2 Å². The van der Waals surface area contributed by atoms with Crippen molar-refractivity contribution in [3.63, 3.8) is 0 Å². The van der Waals surface area contributed by atoms with Gasteiger partial charge in [-0.05, 0) is 36.4 Å². The summed E-state index contributed by atoms with van der Waals surface area (Å²) >= 11 is 0. The number of carbonyl (C=O) groups excluding carboxylic acids is 1. The summed E-state index contributed by atoms with van der Waals surface area (Å²) in [4.78, 5) is 12.3. The van der Waals surface area contributed by atoms with Crippen LogP contribution in [0.5, 0.6) is 0 Å². The minimum atomic E-state index is -0.318. The van der Waals surface area contributed by atoms with E-state index in [1.54, 1.807) is 23.2 Å². The molecule has 0 fully saturated rings. The Kier molecular flexibility index (Phi) is 4.82. The summed E-state index contributed by atoms with van der Waals surface area (Å²) in [6.07, 6.45) is 4.96. The third kappa shape index (κ3) is 3.84. The van der Waals surface area contributed by atoms with Gasteiger partial charge in [0, 0.05) is 11.8 Å². The Hall–Kier alpha value is -4.53. The second kappa shape index (κ2) is 8.07. The van der Waals surface area contributed by atoms with E-state index in [9.17, 15) is 4.79 Å². The molecule has 5 rings (SSSR count). The van der Waals surface area contributed by atoms with Crippen LogP contribution in [0.15, 0.2) is 88.7 Å². The van der Waals surface area contributed by atoms with Gasteiger partial charge in [-0.25, -0.2) is 14.8 Å². The normalized spacial score (nSPS) is 11.4. The number of benzene rings is 2. The number of aromatic nitrogens is 5. The minimum Gasteiger partial charge on any atom is -0.463 e. The van der Waals surface area contributed by atoms with Crippen LogP contribution in [0, 0.1) is 0 Å². The molecule has 2 aromatic carbocycles. The zero-order valence-electron chi connectivity index (χ0n) is 16.3. The third-order valence-corrected chi connectivity index (χ3v) is 4.62. The van der Waals surface area contributed by atoms with Gasteiger partial charge in [0.1, 0.15) is 17.8 Å². The molecule has 0 aliphatic rings. The Morgan fingerprint density at radius 2 is 1.90 bits per heavy atom. The van der Waals surface area contributed by atoms with E-state index in [1.165, 1.54) is 4.68 Å². The lowest BCUT2D eigenvalue weighted by molar-refractivity contribution is -0.121. The Bertz CT molecular complexity index is 1350. The van der Waals surface area contributed by atoms with Crippen molar-refractivity contribution >= 4 is 23.2 Å². The van der Waals surface area contributed by atoms with Gasteiger partial charge in [0.15, 0.2) is 5.76 Å². The van der Waals surface area contributed by atoms with Gasteiger partial charge in [-0.1, -0.05) is 35.5 Å². The first-order valence-corrected chi connectivity index (χ1v) is 9.57. The molecule has 0 atom stereocenters. The third-order valence-electron chi connectivity index (χ3n) is 4.62. The Labute approximate surface area is 176 Å². The van der Waals surface area contributed by atoms with Crippen LogP contribution in [0.25, 0.3) is 28.2 Å². The zero-order chi connectivity index (χ0) is 21.0. The van der Waals surface area contributed by atoms with E-state index < -0.39 is 0 Å². The van der Waals surface area contributed by atoms with Crippen LogP contribution >= 0.6 is 0 Å². The van der Waals surface area contributed by atoms with Gasteiger partial charge >= 0.3 is 0 Å². The Morgan fingerprint density at radius 3 is 2.74 bits per heavy atom. The fraction of sp³-hybridized carbons (Fsp3) is 0.0455. The quantitative estimate of drug-likeness (QED) is 0.342. The smallest absolute Gasteiger partial charge is 0.261 e. The van der Waals surface area contributed by atoms with Crippen molar-refractivity contribution in [1.82, 2.24) is 30.2 Å². The number of hydrogen-bond acceptors (Lipinski definition) is 6. The molecule has 0 unspecified atom stereocenters. The van der Waals surface area contributed by atoms with Crippen molar-refractivity contribution in [2.24, 2.45) is 5.10 Å². The number of furan rings is 1. The molecular formula is C22H17N7O2. The average Bonchev–Trinajstić information content (AvgIpc) is 3.55. The summed E-state index contributed by atoms with van der Waals surface area (Å²) in [6.45, 7) is 0.00612. The molecule has 0 aliphatic carbocycles. The van der Waals surface area contributed by atoms with Gasteiger partial charge in [0.25, 0.3) is 5.91 Å². The maximum Gasteiger partial charge on any atom is 0.261 e. The predicted octanol–water partition coefficient (Wildman–Crippen LogP) is 3.03. The van der Waals surface area contributed by atoms with E-state index in [2.05, 4.69) is 25.9 Å². The van der Waals surface area contributed by atoms with Crippen LogP contribution in [-0.2, 0) is 11.3 Å². The minimum absolute atomic E-state index is 0.00612. The lowest BCUT2D eigenvalue weighted by Crippen LogP contribution is -2.23. The lowest BCUT2D eigenvalue weighted by atomic mass is 10.2. The molecule has 0 aliphatic heterocycles. The first-order chi connectivity index (χ1) is 15.3. The number of carbonyl (C=O) groups is 1. The Morgan fingerprint density at radius 1 is 1.06 bits per heavy atom. The second-order valence-electron chi connectivity index (χ2n) is 6.72. The van der Waals surface area contributed by atoms with E-state index in [0.717, 1.165) is 16.7 Å². The maximum atomic E-state index is 12.3. The number of hydrazone groups is 1. The van der Waals surface area contributed by atoms with Crippen LogP contribution in [0.2, 0.25) is 0 Å². The topological polar surface area (TPSA) is 103 Å². The van der Waals surface area contributed by atoms with Crippen LogP contribution in [0.3, 0.4) is 0 Å². The highest BCUT2D eigenvalue weighted by Gasteiger charge is 2.13. The SMILES string of the molecule is O=C(Cn1nnc2ccccc21)N/N=C\c1cn(-c2ccccc2)nc1-c1ccco1. The first-order valence-electron chi connectivity index (χ1n) is 9.57. The highest BCUT2D eigenvalue weighted by molar-refractivity contribution is 5.89. The van der Waals surface area contributed by atoms with Crippen molar-refractivity contribution in [1.29, 1.82) is 0 Å². The second-order valence-corrected chi connectivity index (χ2v) is 6.72. The van der Waals surface area contributed by atoms with Crippen LogP contribution in [-0.4, -0.2) is 36.9 Å². The summed E-state index contributed by atoms with van der Waals surface area (Å²) in [7, 11) is 0. The van der Waals surface area contributed by atoms with Crippen molar-refractivity contribution in [2.75, 3.05) is 0 Å². The van der Waals surface area contributed by atoms with Gasteiger partial charge < -0.3 is 4.42 Å². The lowest BCUT2D eigenvalue weighted by Gasteiger charge is -2.01. The molecule has 0 bridgehead atoms. The monoisotopic (exact) mass is 411 g/mol. The average molecular weight is 411 g/mol. The summed E-state index contributed by atoms with van der Waals surface area (Å²) in [6, 6.07) is 20.8. The van der Waals surface area contributed by atoms with Crippen LogP contribution < -0.4 is 5.43 Å². The molecule has 1 N–H and O–H groups in total. The molecule has 0 saturated heterocycles. The maximum absolute atomic E-state index is 12.3. The highest BCUT2D eigenvalue weighted by Crippen LogP contribution is 2.23. The summed E-state index contributed by atoms with van der Waals surface area (Å²) in [5.74, 6) is 0.290. The molecular weight excluding hydrogens is 394 g/mol. The number of nitrogens with zero attached hydrogens (tertiary/aromatic N) is 6. The van der Waals surface area contributed by atoms with Crippen molar-refractivity contribution < 1.29 is 9.21 Å². The first kappa shape index (κ1) is 18.5. The van der Waals surface area contributed by atoms with Gasteiger partial charge in [0.2, 0.25) is 0 Å². The fourth-order valence-corrected chi connectivity index (χ4v) is 3.18. The molecule has 9 nitrogen and oxygen atoms in total. The number of amides is 1. The molecule has 0 saturated carbocycles. The molecule has 3 aromatic heterocycles. The molecule has 1 amide bonds. The highest BCUT2D eigenvalue weighted by atomic mass is 16.3. The molecule has 3 heterocycles. The predicted molar refractivity (Wildman–Crippen MR) is 115 cm³/mol. The fourth-order valence-electron chi connectivity index (χ4n) is 3.18. The standard InChI is InChI=1S/C22H17N7O2/c30-21(15-29-19-10-5-4-9-18(19)24-27-29)25-23-13-16-14-28(17-7-2-1-3-8-17)26-22(16)20-11-6-12-31-20/h1-14H,15H2,(H,25,30)/b23-13-. The van der Waals surface area contributed by atoms with E-state index in [1.807, 2.05) is 66.9 Å². The van der Waals surface area contributed by atoms with Crippen LogP contribution in [0.1, 0.15) is 5.56 Å². The van der Waals surface area contributed by atoms with E-state index in [0.29, 0.717) is 17.0 Å². The molecule has 9 heteroatoms. The number of nitrogens with one attached hydrogen (secondary N) is 1. The molecule has 31 heavy (non-hydrogen) atoms. The van der Waals surface area contributed by atoms with E-state index >= 15 is 0 Å². The van der Waals surface area contributed by atoms with Gasteiger partial charge in [-0.15, -0.1) is 5.10 Å². The molecule has 5 aromatic rings.